The quantitative estimate of drug-likeness (QED) is 0.670. The monoisotopic (exact) mass is 354 g/mol. The van der Waals surface area contributed by atoms with Crippen molar-refractivity contribution in [3.05, 3.63) is 75.8 Å². The minimum absolute atomic E-state index is 0.0258. The lowest BCUT2D eigenvalue weighted by Gasteiger charge is -2.26. The van der Waals surface area contributed by atoms with Crippen LogP contribution in [-0.2, 0) is 13.0 Å². The molecular formula is C19H15ClN2OS. The Balaban J connectivity index is 1.58. The summed E-state index contributed by atoms with van der Waals surface area (Å²) in [4.78, 5) is 20.5. The number of hydrogen-bond donors (Lipinski definition) is 0. The average molecular weight is 355 g/mol. The molecule has 2 aromatic carbocycles. The molecule has 0 radical (unpaired) electrons. The van der Waals surface area contributed by atoms with Crippen LogP contribution in [0.1, 0.15) is 20.9 Å². The summed E-state index contributed by atoms with van der Waals surface area (Å²) in [6.07, 6.45) is 0.797. The van der Waals surface area contributed by atoms with Gasteiger partial charge in [-0.1, -0.05) is 48.0 Å². The van der Waals surface area contributed by atoms with Gasteiger partial charge in [0.15, 0.2) is 0 Å². The molecule has 0 bridgehead atoms. The summed E-state index contributed by atoms with van der Waals surface area (Å²) in [6.45, 7) is 1.31. The van der Waals surface area contributed by atoms with Gasteiger partial charge in [0.05, 0.1) is 12.2 Å². The van der Waals surface area contributed by atoms with E-state index in [1.807, 2.05) is 35.2 Å². The molecule has 2 heterocycles. The molecule has 120 valence electrons. The normalized spacial score (nSPS) is 13.6. The molecule has 0 aliphatic carbocycles. The molecule has 1 aliphatic heterocycles. The highest BCUT2D eigenvalue weighted by Gasteiger charge is 2.25. The van der Waals surface area contributed by atoms with E-state index in [9.17, 15) is 4.79 Å². The van der Waals surface area contributed by atoms with Crippen LogP contribution in [0.15, 0.2) is 54.6 Å². The van der Waals surface area contributed by atoms with E-state index >= 15 is 0 Å². The molecule has 0 atom stereocenters. The molecule has 1 amide bonds. The minimum atomic E-state index is 0.0258. The predicted molar refractivity (Wildman–Crippen MR) is 97.4 cm³/mol. The lowest BCUT2D eigenvalue weighted by Crippen LogP contribution is -2.35. The van der Waals surface area contributed by atoms with E-state index in [4.69, 9.17) is 16.6 Å². The lowest BCUT2D eigenvalue weighted by atomic mass is 10.1. The number of carbonyl (C=O) groups excluding carboxylic acids is 1. The SMILES string of the molecule is O=C(c1cccc(Cl)c1)N1CCc2nc(-c3ccccc3)sc2C1. The maximum absolute atomic E-state index is 12.7. The Morgan fingerprint density at radius 3 is 2.75 bits per heavy atom. The van der Waals surface area contributed by atoms with Crippen molar-refractivity contribution in [2.75, 3.05) is 6.54 Å². The number of halogens is 1. The third kappa shape index (κ3) is 2.95. The highest BCUT2D eigenvalue weighted by Crippen LogP contribution is 2.32. The maximum atomic E-state index is 12.7. The molecule has 0 unspecified atom stereocenters. The minimum Gasteiger partial charge on any atom is -0.333 e. The second kappa shape index (κ2) is 6.38. The van der Waals surface area contributed by atoms with E-state index in [-0.39, 0.29) is 5.91 Å². The van der Waals surface area contributed by atoms with Crippen molar-refractivity contribution in [3.8, 4) is 10.6 Å². The Bertz CT molecular complexity index is 891. The van der Waals surface area contributed by atoms with E-state index < -0.39 is 0 Å². The smallest absolute Gasteiger partial charge is 0.254 e. The molecule has 0 fully saturated rings. The van der Waals surface area contributed by atoms with Gasteiger partial charge in [-0.2, -0.15) is 0 Å². The van der Waals surface area contributed by atoms with Crippen LogP contribution in [-0.4, -0.2) is 22.3 Å². The largest absolute Gasteiger partial charge is 0.333 e. The summed E-state index contributed by atoms with van der Waals surface area (Å²) < 4.78 is 0. The van der Waals surface area contributed by atoms with Gasteiger partial charge >= 0.3 is 0 Å². The van der Waals surface area contributed by atoms with Crippen molar-refractivity contribution in [1.29, 1.82) is 0 Å². The van der Waals surface area contributed by atoms with Crippen molar-refractivity contribution >= 4 is 28.8 Å². The second-order valence-corrected chi connectivity index (χ2v) is 7.26. The molecule has 0 saturated carbocycles. The van der Waals surface area contributed by atoms with Crippen molar-refractivity contribution in [3.63, 3.8) is 0 Å². The molecule has 4 rings (SSSR count). The third-order valence-electron chi connectivity index (χ3n) is 4.11. The molecule has 24 heavy (non-hydrogen) atoms. The van der Waals surface area contributed by atoms with Gasteiger partial charge in [0, 0.05) is 34.0 Å². The van der Waals surface area contributed by atoms with Crippen molar-refractivity contribution in [1.82, 2.24) is 9.88 Å². The zero-order valence-electron chi connectivity index (χ0n) is 12.9. The molecule has 0 N–H and O–H groups in total. The summed E-state index contributed by atoms with van der Waals surface area (Å²) in [5, 5.41) is 1.61. The van der Waals surface area contributed by atoms with Gasteiger partial charge in [0.2, 0.25) is 0 Å². The van der Waals surface area contributed by atoms with E-state index in [2.05, 4.69) is 12.1 Å². The van der Waals surface area contributed by atoms with E-state index in [0.717, 1.165) is 22.7 Å². The second-order valence-electron chi connectivity index (χ2n) is 5.74. The van der Waals surface area contributed by atoms with Gasteiger partial charge in [0.25, 0.3) is 5.91 Å². The molecule has 1 aliphatic rings. The number of rotatable bonds is 2. The molecule has 3 nitrogen and oxygen atoms in total. The molecular weight excluding hydrogens is 340 g/mol. The highest BCUT2D eigenvalue weighted by atomic mass is 35.5. The van der Waals surface area contributed by atoms with Crippen molar-refractivity contribution < 1.29 is 4.79 Å². The number of thiazole rings is 1. The number of amides is 1. The van der Waals surface area contributed by atoms with Gasteiger partial charge in [0.1, 0.15) is 5.01 Å². The average Bonchev–Trinajstić information content (AvgIpc) is 3.05. The summed E-state index contributed by atoms with van der Waals surface area (Å²) in [7, 11) is 0. The Morgan fingerprint density at radius 1 is 1.12 bits per heavy atom. The van der Waals surface area contributed by atoms with Crippen LogP contribution >= 0.6 is 22.9 Å². The van der Waals surface area contributed by atoms with Crippen LogP contribution in [0.5, 0.6) is 0 Å². The first-order valence-corrected chi connectivity index (χ1v) is 8.99. The zero-order valence-corrected chi connectivity index (χ0v) is 14.5. The molecule has 3 aromatic rings. The molecule has 0 saturated heterocycles. The number of hydrogen-bond acceptors (Lipinski definition) is 3. The molecule has 0 spiro atoms. The van der Waals surface area contributed by atoms with Crippen molar-refractivity contribution in [2.45, 2.75) is 13.0 Å². The Kier molecular flexibility index (Phi) is 4.08. The lowest BCUT2D eigenvalue weighted by molar-refractivity contribution is 0.0736. The van der Waals surface area contributed by atoms with Crippen LogP contribution in [0.25, 0.3) is 10.6 Å². The van der Waals surface area contributed by atoms with Crippen LogP contribution in [0.2, 0.25) is 5.02 Å². The van der Waals surface area contributed by atoms with Gasteiger partial charge in [-0.25, -0.2) is 4.98 Å². The maximum Gasteiger partial charge on any atom is 0.254 e. The number of aromatic nitrogens is 1. The Labute approximate surface area is 149 Å². The summed E-state index contributed by atoms with van der Waals surface area (Å²) >= 11 is 7.68. The van der Waals surface area contributed by atoms with Crippen LogP contribution in [0.3, 0.4) is 0 Å². The van der Waals surface area contributed by atoms with Crippen LogP contribution < -0.4 is 0 Å². The number of benzene rings is 2. The van der Waals surface area contributed by atoms with E-state index in [1.165, 1.54) is 4.88 Å². The zero-order chi connectivity index (χ0) is 16.5. The third-order valence-corrected chi connectivity index (χ3v) is 5.48. The van der Waals surface area contributed by atoms with Crippen molar-refractivity contribution in [2.24, 2.45) is 0 Å². The Morgan fingerprint density at radius 2 is 1.96 bits per heavy atom. The summed E-state index contributed by atoms with van der Waals surface area (Å²) in [5.74, 6) is 0.0258. The highest BCUT2D eigenvalue weighted by molar-refractivity contribution is 7.15. The fourth-order valence-electron chi connectivity index (χ4n) is 2.88. The first kappa shape index (κ1) is 15.4. The van der Waals surface area contributed by atoms with Crippen LogP contribution in [0, 0.1) is 0 Å². The summed E-state index contributed by atoms with van der Waals surface area (Å²) in [5.41, 5.74) is 2.89. The van der Waals surface area contributed by atoms with Gasteiger partial charge in [-0.15, -0.1) is 11.3 Å². The topological polar surface area (TPSA) is 33.2 Å². The number of nitrogens with zero attached hydrogens (tertiary/aromatic N) is 2. The first-order chi connectivity index (χ1) is 11.7. The van der Waals surface area contributed by atoms with E-state index in [0.29, 0.717) is 23.7 Å². The molecule has 1 aromatic heterocycles. The fourth-order valence-corrected chi connectivity index (χ4v) is 4.20. The van der Waals surface area contributed by atoms with E-state index in [1.54, 1.807) is 23.5 Å². The fraction of sp³-hybridized carbons (Fsp3) is 0.158. The number of carbonyl (C=O) groups is 1. The predicted octanol–water partition coefficient (Wildman–Crippen LogP) is 4.66. The van der Waals surface area contributed by atoms with Gasteiger partial charge < -0.3 is 4.90 Å². The van der Waals surface area contributed by atoms with Crippen LogP contribution in [0.4, 0.5) is 0 Å². The number of fused-ring (bicyclic) bond motifs is 1. The standard InChI is InChI=1S/C19H15ClN2OS/c20-15-8-4-7-14(11-15)19(23)22-10-9-16-17(12-22)24-18(21-16)13-5-2-1-3-6-13/h1-8,11H,9-10,12H2. The molecule has 5 heteroatoms. The summed E-state index contributed by atoms with van der Waals surface area (Å²) in [6, 6.07) is 17.3. The van der Waals surface area contributed by atoms with Gasteiger partial charge in [-0.3, -0.25) is 4.79 Å². The first-order valence-electron chi connectivity index (χ1n) is 7.79. The Hall–Kier alpha value is -2.17. The van der Waals surface area contributed by atoms with Gasteiger partial charge in [-0.05, 0) is 18.2 Å².